The van der Waals surface area contributed by atoms with Crippen molar-refractivity contribution >= 4 is 27.9 Å². The molecule has 0 spiro atoms. The Balaban J connectivity index is 3.91. The Morgan fingerprint density at radius 3 is 2.43 bits per heavy atom. The van der Waals surface area contributed by atoms with Crippen LogP contribution in [0.1, 0.15) is 0 Å². The number of amides is 2. The van der Waals surface area contributed by atoms with Gasteiger partial charge in [0.15, 0.2) is 6.04 Å². The van der Waals surface area contributed by atoms with Crippen LogP contribution in [-0.4, -0.2) is 41.4 Å². The van der Waals surface area contributed by atoms with Gasteiger partial charge in [-0.3, -0.25) is 0 Å². The number of aliphatic carboxylic acids is 1. The molecule has 0 aromatic carbocycles. The molecular formula is C7H11BrN2O4. The lowest BCUT2D eigenvalue weighted by molar-refractivity contribution is -0.140. The fourth-order valence-electron chi connectivity index (χ4n) is 0.571. The van der Waals surface area contributed by atoms with E-state index in [1.807, 2.05) is 0 Å². The molecule has 0 aliphatic heterocycles. The molecule has 0 saturated heterocycles. The first-order chi connectivity index (χ1) is 6.47. The highest BCUT2D eigenvalue weighted by Gasteiger charge is 2.17. The number of carboxylic acids is 1. The van der Waals surface area contributed by atoms with E-state index >= 15 is 0 Å². The third-order valence-electron chi connectivity index (χ3n) is 1.23. The molecular weight excluding hydrogens is 256 g/mol. The molecule has 2 amide bonds. The van der Waals surface area contributed by atoms with Gasteiger partial charge in [-0.15, -0.1) is 0 Å². The Morgan fingerprint density at radius 1 is 1.50 bits per heavy atom. The maximum Gasteiger partial charge on any atom is 0.328 e. The molecule has 0 radical (unpaired) electrons. The smallest absolute Gasteiger partial charge is 0.328 e. The Bertz CT molecular complexity index is 244. The molecule has 6 nitrogen and oxygen atoms in total. The van der Waals surface area contributed by atoms with Crippen molar-refractivity contribution in [3.8, 4) is 0 Å². The maximum absolute atomic E-state index is 11.0. The molecule has 0 heterocycles. The summed E-state index contributed by atoms with van der Waals surface area (Å²) < 4.78 is 0.559. The molecule has 4 N–H and O–H groups in total. The van der Waals surface area contributed by atoms with E-state index in [1.165, 1.54) is 0 Å². The van der Waals surface area contributed by atoms with Crippen molar-refractivity contribution < 1.29 is 19.8 Å². The highest BCUT2D eigenvalue weighted by Crippen LogP contribution is 1.96. The summed E-state index contributed by atoms with van der Waals surface area (Å²) in [7, 11) is 0. The van der Waals surface area contributed by atoms with Crippen molar-refractivity contribution in [2.45, 2.75) is 6.04 Å². The molecule has 80 valence electrons. The van der Waals surface area contributed by atoms with E-state index in [0.717, 1.165) is 0 Å². The van der Waals surface area contributed by atoms with Crippen molar-refractivity contribution in [1.82, 2.24) is 10.6 Å². The molecule has 0 saturated carbocycles. The van der Waals surface area contributed by atoms with E-state index < -0.39 is 24.6 Å². The van der Waals surface area contributed by atoms with E-state index in [9.17, 15) is 9.59 Å². The van der Waals surface area contributed by atoms with Gasteiger partial charge in [-0.1, -0.05) is 22.5 Å². The van der Waals surface area contributed by atoms with Crippen LogP contribution in [0.3, 0.4) is 0 Å². The third-order valence-corrected chi connectivity index (χ3v) is 1.51. The number of hydrogen-bond donors (Lipinski definition) is 4. The number of carbonyl (C=O) groups excluding carboxylic acids is 1. The Kier molecular flexibility index (Phi) is 5.89. The monoisotopic (exact) mass is 266 g/mol. The zero-order chi connectivity index (χ0) is 11.1. The lowest BCUT2D eigenvalue weighted by Gasteiger charge is -2.12. The van der Waals surface area contributed by atoms with Gasteiger partial charge in [-0.05, 0) is 0 Å². The van der Waals surface area contributed by atoms with Gasteiger partial charge >= 0.3 is 12.0 Å². The first kappa shape index (κ1) is 12.9. The standard InChI is InChI=1S/C7H11BrN2O4/c1-4(8)2-9-7(14)10-5(3-11)6(12)13/h5,11H,1-3H2,(H,12,13)(H2,9,10,14)/t5-/m0/s1. The summed E-state index contributed by atoms with van der Waals surface area (Å²) in [5, 5.41) is 21.4. The van der Waals surface area contributed by atoms with E-state index in [-0.39, 0.29) is 6.54 Å². The molecule has 7 heteroatoms. The molecule has 0 aromatic heterocycles. The zero-order valence-corrected chi connectivity index (χ0v) is 8.87. The van der Waals surface area contributed by atoms with E-state index in [1.54, 1.807) is 0 Å². The molecule has 0 rings (SSSR count). The van der Waals surface area contributed by atoms with Gasteiger partial charge in [0.1, 0.15) is 0 Å². The summed E-state index contributed by atoms with van der Waals surface area (Å²) in [6, 6.07) is -1.97. The summed E-state index contributed by atoms with van der Waals surface area (Å²) in [4.78, 5) is 21.3. The van der Waals surface area contributed by atoms with Crippen LogP contribution in [0.2, 0.25) is 0 Å². The number of carboxylic acid groups (broad SMARTS) is 1. The van der Waals surface area contributed by atoms with Crippen LogP contribution in [-0.2, 0) is 4.79 Å². The molecule has 0 aromatic rings. The fraction of sp³-hybridized carbons (Fsp3) is 0.429. The third kappa shape index (κ3) is 5.55. The molecule has 0 aliphatic carbocycles. The van der Waals surface area contributed by atoms with Gasteiger partial charge in [0.2, 0.25) is 0 Å². The van der Waals surface area contributed by atoms with Gasteiger partial charge in [0.25, 0.3) is 0 Å². The first-order valence-electron chi connectivity index (χ1n) is 3.68. The number of nitrogens with one attached hydrogen (secondary N) is 2. The van der Waals surface area contributed by atoms with Crippen molar-refractivity contribution in [1.29, 1.82) is 0 Å². The second-order valence-corrected chi connectivity index (χ2v) is 3.54. The maximum atomic E-state index is 11.0. The van der Waals surface area contributed by atoms with Gasteiger partial charge in [-0.25, -0.2) is 9.59 Å². The number of halogens is 1. The van der Waals surface area contributed by atoms with E-state index in [4.69, 9.17) is 10.2 Å². The van der Waals surface area contributed by atoms with Crippen molar-refractivity contribution in [3.05, 3.63) is 11.1 Å². The average molecular weight is 267 g/mol. The minimum Gasteiger partial charge on any atom is -0.480 e. The molecule has 1 atom stereocenters. The molecule has 0 bridgehead atoms. The second kappa shape index (κ2) is 6.39. The topological polar surface area (TPSA) is 98.7 Å². The minimum absolute atomic E-state index is 0.184. The van der Waals surface area contributed by atoms with Crippen LogP contribution >= 0.6 is 15.9 Å². The van der Waals surface area contributed by atoms with Crippen LogP contribution in [0.4, 0.5) is 4.79 Å². The molecule has 14 heavy (non-hydrogen) atoms. The van der Waals surface area contributed by atoms with Crippen molar-refractivity contribution in [3.63, 3.8) is 0 Å². The number of carbonyl (C=O) groups is 2. The summed E-state index contributed by atoms with van der Waals surface area (Å²) in [6.07, 6.45) is 0. The lowest BCUT2D eigenvalue weighted by Crippen LogP contribution is -2.48. The highest BCUT2D eigenvalue weighted by atomic mass is 79.9. The normalized spacial score (nSPS) is 11.6. The Morgan fingerprint density at radius 2 is 2.07 bits per heavy atom. The number of urea groups is 1. The fourth-order valence-corrected chi connectivity index (χ4v) is 0.711. The Hall–Kier alpha value is -1.08. The lowest BCUT2D eigenvalue weighted by atomic mass is 10.3. The van der Waals surface area contributed by atoms with Crippen molar-refractivity contribution in [2.75, 3.05) is 13.2 Å². The predicted molar refractivity (Wildman–Crippen MR) is 53.1 cm³/mol. The molecule has 0 fully saturated rings. The number of rotatable bonds is 5. The zero-order valence-electron chi connectivity index (χ0n) is 7.29. The van der Waals surface area contributed by atoms with Gasteiger partial charge in [-0.2, -0.15) is 0 Å². The van der Waals surface area contributed by atoms with Gasteiger partial charge < -0.3 is 20.8 Å². The van der Waals surface area contributed by atoms with Crippen molar-refractivity contribution in [2.24, 2.45) is 0 Å². The average Bonchev–Trinajstić information content (AvgIpc) is 2.10. The van der Waals surface area contributed by atoms with Crippen LogP contribution in [0, 0.1) is 0 Å². The number of aliphatic hydroxyl groups excluding tert-OH is 1. The van der Waals surface area contributed by atoms with Crippen LogP contribution in [0.25, 0.3) is 0 Å². The minimum atomic E-state index is -1.29. The summed E-state index contributed by atoms with van der Waals surface area (Å²) in [6.45, 7) is 3.00. The second-order valence-electron chi connectivity index (χ2n) is 2.42. The molecule has 0 aliphatic rings. The van der Waals surface area contributed by atoms with E-state index in [0.29, 0.717) is 4.48 Å². The Labute approximate surface area is 89.1 Å². The predicted octanol–water partition coefficient (Wildman–Crippen LogP) is -0.360. The van der Waals surface area contributed by atoms with Crippen LogP contribution < -0.4 is 10.6 Å². The van der Waals surface area contributed by atoms with Gasteiger partial charge in [0.05, 0.1) is 13.2 Å². The number of aliphatic hydroxyl groups is 1. The van der Waals surface area contributed by atoms with Crippen LogP contribution in [0.15, 0.2) is 11.1 Å². The highest BCUT2D eigenvalue weighted by molar-refractivity contribution is 9.11. The number of hydrogen-bond acceptors (Lipinski definition) is 3. The summed E-state index contributed by atoms with van der Waals surface area (Å²) in [5.41, 5.74) is 0. The quantitative estimate of drug-likeness (QED) is 0.546. The van der Waals surface area contributed by atoms with Gasteiger partial charge in [0, 0.05) is 4.48 Å². The van der Waals surface area contributed by atoms with E-state index in [2.05, 4.69) is 33.1 Å². The SMILES string of the molecule is C=C(Br)CNC(=O)N[C@@H](CO)C(=O)O. The summed E-state index contributed by atoms with van der Waals surface area (Å²) in [5.74, 6) is -1.29. The largest absolute Gasteiger partial charge is 0.480 e. The molecule has 0 unspecified atom stereocenters. The first-order valence-corrected chi connectivity index (χ1v) is 4.48. The van der Waals surface area contributed by atoms with Crippen LogP contribution in [0.5, 0.6) is 0 Å². The summed E-state index contributed by atoms with van der Waals surface area (Å²) >= 11 is 3.01.